The molecule has 0 radical (unpaired) electrons. The minimum atomic E-state index is -0.907. The van der Waals surface area contributed by atoms with Gasteiger partial charge in [0.1, 0.15) is 17.1 Å². The van der Waals surface area contributed by atoms with E-state index in [1.807, 2.05) is 6.92 Å². The van der Waals surface area contributed by atoms with Crippen molar-refractivity contribution in [3.8, 4) is 5.69 Å². The van der Waals surface area contributed by atoms with E-state index in [2.05, 4.69) is 10.4 Å². The predicted octanol–water partition coefficient (Wildman–Crippen LogP) is 2.61. The molecule has 1 aromatic heterocycles. The lowest BCUT2D eigenvalue weighted by molar-refractivity contribution is -0.140. The first-order chi connectivity index (χ1) is 10.3. The first-order valence-corrected chi connectivity index (χ1v) is 7.00. The summed E-state index contributed by atoms with van der Waals surface area (Å²) < 4.78 is 20.3. The van der Waals surface area contributed by atoms with Crippen molar-refractivity contribution in [2.45, 2.75) is 32.4 Å². The van der Waals surface area contributed by atoms with Crippen LogP contribution in [0.1, 0.15) is 32.4 Å². The molecule has 0 fully saturated rings. The maximum absolute atomic E-state index is 13.8. The second-order valence-electron chi connectivity index (χ2n) is 5.58. The SMILES string of the molecule is COC(C)(C)C(=O)N[C@H](C)c1cnn(-c2ccccc2F)c1. The normalized spacial score (nSPS) is 13.0. The largest absolute Gasteiger partial charge is 0.369 e. The number of carbonyl (C=O) groups is 1. The summed E-state index contributed by atoms with van der Waals surface area (Å²) >= 11 is 0. The third-order valence-electron chi connectivity index (χ3n) is 3.61. The van der Waals surface area contributed by atoms with Crippen molar-refractivity contribution >= 4 is 5.91 Å². The molecule has 1 N–H and O–H groups in total. The highest BCUT2D eigenvalue weighted by molar-refractivity contribution is 5.84. The van der Waals surface area contributed by atoms with Gasteiger partial charge in [-0.15, -0.1) is 0 Å². The lowest BCUT2D eigenvalue weighted by atomic mass is 10.1. The molecule has 0 spiro atoms. The molecule has 0 unspecified atom stereocenters. The van der Waals surface area contributed by atoms with E-state index < -0.39 is 5.60 Å². The second kappa shape index (κ2) is 6.27. The maximum Gasteiger partial charge on any atom is 0.252 e. The number of hydrogen-bond donors (Lipinski definition) is 1. The van der Waals surface area contributed by atoms with Crippen LogP contribution in [0.3, 0.4) is 0 Å². The molecule has 2 rings (SSSR count). The van der Waals surface area contributed by atoms with E-state index in [9.17, 15) is 9.18 Å². The van der Waals surface area contributed by atoms with Crippen LogP contribution in [0.25, 0.3) is 5.69 Å². The van der Waals surface area contributed by atoms with E-state index in [4.69, 9.17) is 4.74 Å². The second-order valence-corrected chi connectivity index (χ2v) is 5.58. The number of hydrogen-bond acceptors (Lipinski definition) is 3. The number of rotatable bonds is 5. The number of carbonyl (C=O) groups excluding carboxylic acids is 1. The van der Waals surface area contributed by atoms with E-state index in [1.54, 1.807) is 44.4 Å². The van der Waals surface area contributed by atoms with Crippen molar-refractivity contribution in [2.24, 2.45) is 0 Å². The number of benzene rings is 1. The molecule has 1 heterocycles. The van der Waals surface area contributed by atoms with Crippen LogP contribution in [0.5, 0.6) is 0 Å². The molecule has 1 aromatic carbocycles. The molecule has 0 bridgehead atoms. The lowest BCUT2D eigenvalue weighted by Crippen LogP contribution is -2.44. The minimum Gasteiger partial charge on any atom is -0.369 e. The Morgan fingerprint density at radius 2 is 2.09 bits per heavy atom. The summed E-state index contributed by atoms with van der Waals surface area (Å²) in [6, 6.07) is 6.12. The van der Waals surface area contributed by atoms with Crippen molar-refractivity contribution < 1.29 is 13.9 Å². The summed E-state index contributed by atoms with van der Waals surface area (Å²) in [4.78, 5) is 12.1. The zero-order chi connectivity index (χ0) is 16.3. The van der Waals surface area contributed by atoms with E-state index >= 15 is 0 Å². The standard InChI is InChI=1S/C16H20FN3O2/c1-11(19-15(21)16(2,3)22-4)12-9-18-20(10-12)14-8-6-5-7-13(14)17/h5-11H,1-4H3,(H,19,21)/t11-/m1/s1. The molecule has 118 valence electrons. The van der Waals surface area contributed by atoms with Gasteiger partial charge in [-0.3, -0.25) is 4.79 Å². The Kier molecular flexibility index (Phi) is 4.61. The number of aromatic nitrogens is 2. The maximum atomic E-state index is 13.8. The Balaban J connectivity index is 2.15. The van der Waals surface area contributed by atoms with Crippen LogP contribution in [0.2, 0.25) is 0 Å². The number of ether oxygens (including phenoxy) is 1. The van der Waals surface area contributed by atoms with Gasteiger partial charge in [-0.25, -0.2) is 9.07 Å². The van der Waals surface area contributed by atoms with Crippen molar-refractivity contribution in [1.82, 2.24) is 15.1 Å². The molecular weight excluding hydrogens is 285 g/mol. The lowest BCUT2D eigenvalue weighted by Gasteiger charge is -2.24. The fourth-order valence-corrected chi connectivity index (χ4v) is 1.88. The Morgan fingerprint density at radius 3 is 2.73 bits per heavy atom. The number of amides is 1. The van der Waals surface area contributed by atoms with Crippen LogP contribution in [-0.4, -0.2) is 28.4 Å². The molecule has 1 atom stereocenters. The quantitative estimate of drug-likeness (QED) is 0.924. The highest BCUT2D eigenvalue weighted by Gasteiger charge is 2.28. The molecule has 1 amide bonds. The Bertz CT molecular complexity index is 667. The molecule has 6 heteroatoms. The molecule has 0 aliphatic rings. The molecule has 5 nitrogen and oxygen atoms in total. The van der Waals surface area contributed by atoms with Gasteiger partial charge < -0.3 is 10.1 Å². The number of halogens is 1. The molecule has 0 aliphatic carbocycles. The van der Waals surface area contributed by atoms with E-state index in [1.165, 1.54) is 17.9 Å². The van der Waals surface area contributed by atoms with Gasteiger partial charge in [-0.2, -0.15) is 5.10 Å². The number of para-hydroxylation sites is 1. The molecule has 0 saturated carbocycles. The summed E-state index contributed by atoms with van der Waals surface area (Å²) in [6.45, 7) is 5.22. The Morgan fingerprint density at radius 1 is 1.41 bits per heavy atom. The minimum absolute atomic E-state index is 0.221. The zero-order valence-electron chi connectivity index (χ0n) is 13.1. The van der Waals surface area contributed by atoms with Gasteiger partial charge in [0.15, 0.2) is 0 Å². The fraction of sp³-hybridized carbons (Fsp3) is 0.375. The Hall–Kier alpha value is -2.21. The van der Waals surface area contributed by atoms with Crippen molar-refractivity contribution in [1.29, 1.82) is 0 Å². The average molecular weight is 305 g/mol. The predicted molar refractivity (Wildman–Crippen MR) is 81.2 cm³/mol. The first-order valence-electron chi connectivity index (χ1n) is 7.00. The zero-order valence-corrected chi connectivity index (χ0v) is 13.1. The first kappa shape index (κ1) is 16.2. The molecule has 0 aliphatic heterocycles. The Labute approximate surface area is 129 Å². The van der Waals surface area contributed by atoms with Gasteiger partial charge in [0, 0.05) is 18.9 Å². The summed E-state index contributed by atoms with van der Waals surface area (Å²) in [6.07, 6.45) is 3.31. The van der Waals surface area contributed by atoms with Crippen LogP contribution < -0.4 is 5.32 Å². The van der Waals surface area contributed by atoms with Gasteiger partial charge in [-0.1, -0.05) is 12.1 Å². The number of nitrogens with zero attached hydrogens (tertiary/aromatic N) is 2. The van der Waals surface area contributed by atoms with Crippen LogP contribution in [-0.2, 0) is 9.53 Å². The third kappa shape index (κ3) is 3.33. The van der Waals surface area contributed by atoms with Gasteiger partial charge in [0.25, 0.3) is 5.91 Å². The molecule has 2 aromatic rings. The highest BCUT2D eigenvalue weighted by Crippen LogP contribution is 2.18. The van der Waals surface area contributed by atoms with Crippen molar-refractivity contribution in [3.05, 3.63) is 48.0 Å². The summed E-state index contributed by atoms with van der Waals surface area (Å²) in [7, 11) is 1.49. The van der Waals surface area contributed by atoms with Crippen molar-refractivity contribution in [3.63, 3.8) is 0 Å². The molecular formula is C16H20FN3O2. The summed E-state index contributed by atoms with van der Waals surface area (Å²) in [5, 5.41) is 7.01. The average Bonchev–Trinajstić information content (AvgIpc) is 2.97. The summed E-state index contributed by atoms with van der Waals surface area (Å²) in [5.74, 6) is -0.574. The van der Waals surface area contributed by atoms with E-state index in [-0.39, 0.29) is 17.8 Å². The van der Waals surface area contributed by atoms with Crippen molar-refractivity contribution in [2.75, 3.05) is 7.11 Å². The van der Waals surface area contributed by atoms with Gasteiger partial charge in [-0.05, 0) is 32.9 Å². The third-order valence-corrected chi connectivity index (χ3v) is 3.61. The smallest absolute Gasteiger partial charge is 0.252 e. The van der Waals surface area contributed by atoms with Crippen LogP contribution in [0.4, 0.5) is 4.39 Å². The molecule has 0 saturated heterocycles. The molecule has 22 heavy (non-hydrogen) atoms. The topological polar surface area (TPSA) is 56.1 Å². The van der Waals surface area contributed by atoms with E-state index in [0.29, 0.717) is 5.69 Å². The number of nitrogens with one attached hydrogen (secondary N) is 1. The highest BCUT2D eigenvalue weighted by atomic mass is 19.1. The van der Waals surface area contributed by atoms with Gasteiger partial charge >= 0.3 is 0 Å². The van der Waals surface area contributed by atoms with Crippen LogP contribution in [0, 0.1) is 5.82 Å². The van der Waals surface area contributed by atoms with Gasteiger partial charge in [0.2, 0.25) is 0 Å². The number of methoxy groups -OCH3 is 1. The van der Waals surface area contributed by atoms with Crippen LogP contribution in [0.15, 0.2) is 36.7 Å². The van der Waals surface area contributed by atoms with E-state index in [0.717, 1.165) is 5.56 Å². The monoisotopic (exact) mass is 305 g/mol. The summed E-state index contributed by atoms with van der Waals surface area (Å²) in [5.41, 5.74) is 0.239. The van der Waals surface area contributed by atoms with Crippen LogP contribution >= 0.6 is 0 Å². The fourth-order valence-electron chi connectivity index (χ4n) is 1.88. The van der Waals surface area contributed by atoms with Gasteiger partial charge in [0.05, 0.1) is 12.2 Å².